The van der Waals surface area contributed by atoms with Crippen LogP contribution in [0.2, 0.25) is 0 Å². The summed E-state index contributed by atoms with van der Waals surface area (Å²) in [6, 6.07) is 0.128. The van der Waals surface area contributed by atoms with Crippen LogP contribution >= 0.6 is 0 Å². The zero-order valence-electron chi connectivity index (χ0n) is 10.2. The SMILES string of the molecule is CC1=CC=CNC1C1=CC2=CC=CNC2C(N)=N1. The number of aliphatic imine (C=N–C) groups is 1. The van der Waals surface area contributed by atoms with E-state index in [-0.39, 0.29) is 12.1 Å². The molecule has 0 bridgehead atoms. The highest BCUT2D eigenvalue weighted by molar-refractivity contribution is 5.92. The molecule has 3 rings (SSSR count). The van der Waals surface area contributed by atoms with Crippen LogP contribution in [-0.2, 0) is 0 Å². The quantitative estimate of drug-likeness (QED) is 0.643. The number of amidine groups is 1. The Morgan fingerprint density at radius 3 is 2.61 bits per heavy atom. The molecule has 3 aliphatic heterocycles. The van der Waals surface area contributed by atoms with Crippen LogP contribution in [0.1, 0.15) is 6.92 Å². The standard InChI is InChI=1S/C14H16N4/c1-9-4-2-6-16-12(9)11-8-10-5-3-7-17-13(10)14(15)18-11/h2-8,12-13,16-17H,1H3,(H2,15,18). The molecule has 92 valence electrons. The van der Waals surface area contributed by atoms with Gasteiger partial charge in [-0.05, 0) is 48.7 Å². The zero-order valence-corrected chi connectivity index (χ0v) is 10.2. The first kappa shape index (κ1) is 10.9. The first-order valence-corrected chi connectivity index (χ1v) is 6.03. The van der Waals surface area contributed by atoms with Gasteiger partial charge < -0.3 is 16.4 Å². The lowest BCUT2D eigenvalue weighted by molar-refractivity contribution is 0.716. The Balaban J connectivity index is 1.96. The highest BCUT2D eigenvalue weighted by Crippen LogP contribution is 2.24. The molecule has 2 unspecified atom stereocenters. The topological polar surface area (TPSA) is 62.4 Å². The normalized spacial score (nSPS) is 29.2. The molecule has 4 heteroatoms. The molecule has 0 amide bonds. The van der Waals surface area contributed by atoms with Gasteiger partial charge in [-0.25, -0.2) is 4.99 Å². The predicted molar refractivity (Wildman–Crippen MR) is 73.7 cm³/mol. The summed E-state index contributed by atoms with van der Waals surface area (Å²) < 4.78 is 0. The van der Waals surface area contributed by atoms with E-state index in [0.717, 1.165) is 11.3 Å². The van der Waals surface area contributed by atoms with Gasteiger partial charge in [-0.2, -0.15) is 0 Å². The first-order valence-electron chi connectivity index (χ1n) is 6.03. The first-order chi connectivity index (χ1) is 8.75. The van der Waals surface area contributed by atoms with Crippen LogP contribution < -0.4 is 16.4 Å². The van der Waals surface area contributed by atoms with Gasteiger partial charge in [0.05, 0.1) is 11.7 Å². The van der Waals surface area contributed by atoms with E-state index in [9.17, 15) is 0 Å². The number of hydrogen-bond acceptors (Lipinski definition) is 4. The Bertz CT molecular complexity index is 546. The van der Waals surface area contributed by atoms with Gasteiger partial charge in [-0.1, -0.05) is 12.2 Å². The second-order valence-electron chi connectivity index (χ2n) is 4.60. The summed E-state index contributed by atoms with van der Waals surface area (Å²) >= 11 is 0. The molecular weight excluding hydrogens is 224 g/mol. The lowest BCUT2D eigenvalue weighted by Gasteiger charge is -2.29. The van der Waals surface area contributed by atoms with Gasteiger partial charge in [-0.3, -0.25) is 0 Å². The van der Waals surface area contributed by atoms with Crippen LogP contribution in [0.15, 0.2) is 64.6 Å². The third-order valence-electron chi connectivity index (χ3n) is 3.32. The van der Waals surface area contributed by atoms with Crippen molar-refractivity contribution in [1.82, 2.24) is 10.6 Å². The fourth-order valence-electron chi connectivity index (χ4n) is 2.35. The molecule has 0 aromatic heterocycles. The number of allylic oxidation sites excluding steroid dienone is 4. The Morgan fingerprint density at radius 1 is 1.11 bits per heavy atom. The van der Waals surface area contributed by atoms with E-state index in [1.807, 2.05) is 24.6 Å². The molecule has 0 aromatic carbocycles. The lowest BCUT2D eigenvalue weighted by Crippen LogP contribution is -2.44. The Hall–Kier alpha value is -2.23. The van der Waals surface area contributed by atoms with Crippen LogP contribution in [0, 0.1) is 0 Å². The molecule has 0 fully saturated rings. The summed E-state index contributed by atoms with van der Waals surface area (Å²) in [7, 11) is 0. The molecular formula is C14H16N4. The lowest BCUT2D eigenvalue weighted by atomic mass is 9.94. The number of nitrogens with zero attached hydrogens (tertiary/aromatic N) is 1. The minimum atomic E-state index is 0.0159. The van der Waals surface area contributed by atoms with E-state index in [2.05, 4.69) is 40.8 Å². The van der Waals surface area contributed by atoms with E-state index in [4.69, 9.17) is 5.73 Å². The molecule has 2 atom stereocenters. The minimum absolute atomic E-state index is 0.0159. The van der Waals surface area contributed by atoms with Crippen molar-refractivity contribution in [2.45, 2.75) is 19.0 Å². The molecule has 4 nitrogen and oxygen atoms in total. The Morgan fingerprint density at radius 2 is 1.83 bits per heavy atom. The largest absolute Gasteiger partial charge is 0.385 e. The van der Waals surface area contributed by atoms with Crippen LogP contribution in [0.5, 0.6) is 0 Å². The maximum Gasteiger partial charge on any atom is 0.127 e. The van der Waals surface area contributed by atoms with E-state index in [1.165, 1.54) is 5.57 Å². The molecule has 4 N–H and O–H groups in total. The third-order valence-corrected chi connectivity index (χ3v) is 3.32. The number of nitrogens with two attached hydrogens (primary N) is 1. The second kappa shape index (κ2) is 4.22. The van der Waals surface area contributed by atoms with Gasteiger partial charge in [0, 0.05) is 0 Å². The monoisotopic (exact) mass is 240 g/mol. The number of dihydropyridines is 2. The van der Waals surface area contributed by atoms with E-state index in [1.54, 1.807) is 0 Å². The molecule has 0 spiro atoms. The molecule has 3 aliphatic rings. The van der Waals surface area contributed by atoms with Crippen molar-refractivity contribution < 1.29 is 0 Å². The Labute approximate surface area is 106 Å². The number of hydrogen-bond donors (Lipinski definition) is 3. The van der Waals surface area contributed by atoms with Crippen molar-refractivity contribution in [2.75, 3.05) is 0 Å². The summed E-state index contributed by atoms with van der Waals surface area (Å²) in [5, 5.41) is 6.52. The summed E-state index contributed by atoms with van der Waals surface area (Å²) in [6.45, 7) is 2.09. The van der Waals surface area contributed by atoms with E-state index >= 15 is 0 Å². The maximum absolute atomic E-state index is 6.04. The highest BCUT2D eigenvalue weighted by atomic mass is 15.0. The van der Waals surface area contributed by atoms with Gasteiger partial charge >= 0.3 is 0 Å². The van der Waals surface area contributed by atoms with Crippen molar-refractivity contribution in [3.63, 3.8) is 0 Å². The maximum atomic E-state index is 6.04. The molecule has 0 aliphatic carbocycles. The fourth-order valence-corrected chi connectivity index (χ4v) is 2.35. The fraction of sp³-hybridized carbons (Fsp3) is 0.214. The summed E-state index contributed by atoms with van der Waals surface area (Å²) in [5.41, 5.74) is 9.39. The van der Waals surface area contributed by atoms with E-state index in [0.29, 0.717) is 5.84 Å². The smallest absolute Gasteiger partial charge is 0.127 e. The predicted octanol–water partition coefficient (Wildman–Crippen LogP) is 1.08. The van der Waals surface area contributed by atoms with Crippen molar-refractivity contribution in [2.24, 2.45) is 10.7 Å². The average Bonchev–Trinajstić information content (AvgIpc) is 2.39. The van der Waals surface area contributed by atoms with Gasteiger partial charge in [0.25, 0.3) is 0 Å². The van der Waals surface area contributed by atoms with Gasteiger partial charge in [0.15, 0.2) is 0 Å². The van der Waals surface area contributed by atoms with Crippen molar-refractivity contribution in [1.29, 1.82) is 0 Å². The summed E-state index contributed by atoms with van der Waals surface area (Å²) in [6.07, 6.45) is 14.1. The number of nitrogens with one attached hydrogen (secondary N) is 2. The molecule has 0 aromatic rings. The van der Waals surface area contributed by atoms with Crippen LogP contribution in [0.25, 0.3) is 0 Å². The number of fused-ring (bicyclic) bond motifs is 1. The van der Waals surface area contributed by atoms with E-state index < -0.39 is 0 Å². The Kier molecular flexibility index (Phi) is 2.55. The molecule has 0 radical (unpaired) electrons. The minimum Gasteiger partial charge on any atom is -0.385 e. The summed E-state index contributed by atoms with van der Waals surface area (Å²) in [4.78, 5) is 4.52. The van der Waals surface area contributed by atoms with Crippen molar-refractivity contribution in [3.8, 4) is 0 Å². The van der Waals surface area contributed by atoms with Gasteiger partial charge in [0.1, 0.15) is 11.9 Å². The van der Waals surface area contributed by atoms with Crippen LogP contribution in [0.3, 0.4) is 0 Å². The highest BCUT2D eigenvalue weighted by Gasteiger charge is 2.26. The third kappa shape index (κ3) is 1.76. The molecule has 3 heterocycles. The summed E-state index contributed by atoms with van der Waals surface area (Å²) in [5.74, 6) is 0.618. The van der Waals surface area contributed by atoms with Gasteiger partial charge in [-0.15, -0.1) is 0 Å². The van der Waals surface area contributed by atoms with Crippen LogP contribution in [0.4, 0.5) is 0 Å². The molecule has 0 saturated heterocycles. The van der Waals surface area contributed by atoms with Gasteiger partial charge in [0.2, 0.25) is 0 Å². The zero-order chi connectivity index (χ0) is 12.5. The van der Waals surface area contributed by atoms with Crippen molar-refractivity contribution in [3.05, 3.63) is 59.6 Å². The molecule has 0 saturated carbocycles. The second-order valence-corrected chi connectivity index (χ2v) is 4.60. The number of rotatable bonds is 1. The molecule has 18 heavy (non-hydrogen) atoms. The van der Waals surface area contributed by atoms with Crippen molar-refractivity contribution >= 4 is 5.84 Å². The average molecular weight is 240 g/mol. The van der Waals surface area contributed by atoms with Crippen LogP contribution in [-0.4, -0.2) is 17.9 Å².